The second kappa shape index (κ2) is 7.94. The number of anilines is 1. The molecule has 18 heavy (non-hydrogen) atoms. The summed E-state index contributed by atoms with van der Waals surface area (Å²) in [5.41, 5.74) is 0. The minimum Gasteiger partial charge on any atom is -0.391 e. The van der Waals surface area contributed by atoms with Gasteiger partial charge >= 0.3 is 0 Å². The van der Waals surface area contributed by atoms with Crippen molar-refractivity contribution in [1.29, 1.82) is 0 Å². The summed E-state index contributed by atoms with van der Waals surface area (Å²) < 4.78 is 5.15. The Hall–Kier alpha value is -0.360. The highest BCUT2D eigenvalue weighted by Crippen LogP contribution is 2.31. The maximum atomic E-state index is 9.19. The van der Waals surface area contributed by atoms with Crippen molar-refractivity contribution >= 4 is 28.1 Å². The molecule has 1 aromatic heterocycles. The predicted molar refractivity (Wildman–Crippen MR) is 76.6 cm³/mol. The van der Waals surface area contributed by atoms with Crippen LogP contribution in [0.4, 0.5) is 5.13 Å². The number of thiazole rings is 1. The third-order valence-electron chi connectivity index (χ3n) is 2.95. The molecule has 0 saturated carbocycles. The van der Waals surface area contributed by atoms with Gasteiger partial charge < -0.3 is 14.7 Å². The van der Waals surface area contributed by atoms with E-state index in [1.54, 1.807) is 7.11 Å². The van der Waals surface area contributed by atoms with E-state index < -0.39 is 0 Å². The number of aliphatic hydroxyl groups excluding tert-OH is 1. The molecular formula is C12H21ClN2O2S. The maximum absolute atomic E-state index is 9.19. The molecule has 0 saturated heterocycles. The van der Waals surface area contributed by atoms with Crippen molar-refractivity contribution in [2.75, 3.05) is 25.2 Å². The molecule has 0 fully saturated rings. The molecule has 0 spiro atoms. The van der Waals surface area contributed by atoms with Crippen LogP contribution in [0.1, 0.15) is 31.6 Å². The van der Waals surface area contributed by atoms with Crippen molar-refractivity contribution in [2.45, 2.75) is 39.3 Å². The van der Waals surface area contributed by atoms with Crippen molar-refractivity contribution in [3.8, 4) is 0 Å². The van der Waals surface area contributed by atoms with Crippen molar-refractivity contribution in [2.24, 2.45) is 0 Å². The summed E-state index contributed by atoms with van der Waals surface area (Å²) >= 11 is 7.45. The number of halogens is 1. The number of hydrogen-bond acceptors (Lipinski definition) is 5. The van der Waals surface area contributed by atoms with Crippen molar-refractivity contribution in [3.63, 3.8) is 0 Å². The number of rotatable bonds is 8. The minimum atomic E-state index is -0.0580. The number of methoxy groups -OCH3 is 1. The van der Waals surface area contributed by atoms with Gasteiger partial charge in [-0.25, -0.2) is 4.98 Å². The van der Waals surface area contributed by atoms with Crippen LogP contribution in [0.5, 0.6) is 0 Å². The first-order valence-corrected chi connectivity index (χ1v) is 7.38. The van der Waals surface area contributed by atoms with Crippen LogP contribution in [0.3, 0.4) is 0 Å². The lowest BCUT2D eigenvalue weighted by atomic mass is 10.1. The lowest BCUT2D eigenvalue weighted by Crippen LogP contribution is -2.37. The van der Waals surface area contributed by atoms with Gasteiger partial charge in [0, 0.05) is 19.7 Å². The zero-order valence-corrected chi connectivity index (χ0v) is 12.7. The van der Waals surface area contributed by atoms with Gasteiger partial charge in [0.25, 0.3) is 0 Å². The molecule has 4 nitrogen and oxygen atoms in total. The first kappa shape index (κ1) is 15.7. The van der Waals surface area contributed by atoms with E-state index in [9.17, 15) is 5.11 Å². The highest BCUT2D eigenvalue weighted by Gasteiger charge is 2.20. The molecule has 6 heteroatoms. The van der Waals surface area contributed by atoms with E-state index in [1.165, 1.54) is 11.3 Å². The van der Waals surface area contributed by atoms with Crippen LogP contribution in [0.2, 0.25) is 5.15 Å². The largest absolute Gasteiger partial charge is 0.391 e. The van der Waals surface area contributed by atoms with Gasteiger partial charge in [0.1, 0.15) is 5.15 Å². The molecular weight excluding hydrogens is 272 g/mol. The molecule has 104 valence electrons. The van der Waals surface area contributed by atoms with Crippen LogP contribution < -0.4 is 4.90 Å². The quantitative estimate of drug-likeness (QED) is 0.800. The Morgan fingerprint density at radius 1 is 1.44 bits per heavy atom. The lowest BCUT2D eigenvalue weighted by molar-refractivity contribution is 0.202. The molecule has 0 aliphatic rings. The molecule has 1 heterocycles. The molecule has 0 atom stereocenters. The predicted octanol–water partition coefficient (Wildman–Crippen LogP) is 2.93. The Labute approximate surface area is 118 Å². The SMILES string of the molecule is CCC(CC)N(CCOC)c1nc(Cl)c(CO)s1. The van der Waals surface area contributed by atoms with Gasteiger partial charge in [-0.15, -0.1) is 0 Å². The Bertz CT molecular complexity index is 356. The Balaban J connectivity index is 2.92. The molecule has 1 aromatic rings. The number of aliphatic hydroxyl groups is 1. The van der Waals surface area contributed by atoms with E-state index in [-0.39, 0.29) is 6.61 Å². The first-order chi connectivity index (χ1) is 8.67. The average molecular weight is 293 g/mol. The molecule has 1 N–H and O–H groups in total. The summed E-state index contributed by atoms with van der Waals surface area (Å²) in [6.07, 6.45) is 2.09. The smallest absolute Gasteiger partial charge is 0.187 e. The topological polar surface area (TPSA) is 45.6 Å². The van der Waals surface area contributed by atoms with Gasteiger partial charge in [-0.05, 0) is 12.8 Å². The fraction of sp³-hybridized carbons (Fsp3) is 0.750. The minimum absolute atomic E-state index is 0.0580. The molecule has 0 aliphatic carbocycles. The van der Waals surface area contributed by atoms with E-state index in [1.807, 2.05) is 0 Å². The van der Waals surface area contributed by atoms with Crippen LogP contribution >= 0.6 is 22.9 Å². The number of aromatic nitrogens is 1. The number of ether oxygens (including phenoxy) is 1. The summed E-state index contributed by atoms with van der Waals surface area (Å²) in [7, 11) is 1.69. The lowest BCUT2D eigenvalue weighted by Gasteiger charge is -2.29. The van der Waals surface area contributed by atoms with Gasteiger partial charge in [0.05, 0.1) is 18.1 Å². The Kier molecular flexibility index (Phi) is 6.92. The Morgan fingerprint density at radius 3 is 2.56 bits per heavy atom. The van der Waals surface area contributed by atoms with Gasteiger partial charge in [0.2, 0.25) is 0 Å². The second-order valence-electron chi connectivity index (χ2n) is 4.03. The summed E-state index contributed by atoms with van der Waals surface area (Å²) in [4.78, 5) is 7.29. The fourth-order valence-corrected chi connectivity index (χ4v) is 3.11. The van der Waals surface area contributed by atoms with Gasteiger partial charge in [-0.3, -0.25) is 0 Å². The second-order valence-corrected chi connectivity index (χ2v) is 5.45. The van der Waals surface area contributed by atoms with Crippen LogP contribution in [-0.2, 0) is 11.3 Å². The van der Waals surface area contributed by atoms with Crippen LogP contribution in [0.15, 0.2) is 0 Å². The van der Waals surface area contributed by atoms with Crippen molar-refractivity contribution in [3.05, 3.63) is 10.0 Å². The Morgan fingerprint density at radius 2 is 2.11 bits per heavy atom. The molecule has 1 rings (SSSR count). The molecule has 0 aromatic carbocycles. The highest BCUT2D eigenvalue weighted by atomic mass is 35.5. The summed E-state index contributed by atoms with van der Waals surface area (Å²) in [5, 5.41) is 10.5. The van der Waals surface area contributed by atoms with Crippen LogP contribution in [0.25, 0.3) is 0 Å². The van der Waals surface area contributed by atoms with Gasteiger partial charge in [-0.1, -0.05) is 36.8 Å². The summed E-state index contributed by atoms with van der Waals surface area (Å²) in [5.74, 6) is 0. The zero-order chi connectivity index (χ0) is 13.5. The summed E-state index contributed by atoms with van der Waals surface area (Å²) in [6.45, 7) is 5.71. The normalized spacial score (nSPS) is 11.2. The van der Waals surface area contributed by atoms with E-state index >= 15 is 0 Å². The standard InChI is InChI=1S/C12H21ClN2O2S/c1-4-9(5-2)15(6-7-17-3)12-14-11(13)10(8-16)18-12/h9,16H,4-8H2,1-3H3. The number of hydrogen-bond donors (Lipinski definition) is 1. The molecule has 0 unspecified atom stereocenters. The first-order valence-electron chi connectivity index (χ1n) is 6.19. The van der Waals surface area contributed by atoms with E-state index in [4.69, 9.17) is 16.3 Å². The fourth-order valence-electron chi connectivity index (χ4n) is 1.90. The van der Waals surface area contributed by atoms with Crippen molar-refractivity contribution in [1.82, 2.24) is 4.98 Å². The molecule has 0 bridgehead atoms. The summed E-state index contributed by atoms with van der Waals surface area (Å²) in [6, 6.07) is 0.425. The van der Waals surface area contributed by atoms with Gasteiger partial charge in [-0.2, -0.15) is 0 Å². The van der Waals surface area contributed by atoms with Crippen molar-refractivity contribution < 1.29 is 9.84 Å². The molecule has 0 amide bonds. The molecule has 0 aliphatic heterocycles. The van der Waals surface area contributed by atoms with E-state index in [0.717, 1.165) is 29.4 Å². The maximum Gasteiger partial charge on any atom is 0.187 e. The monoisotopic (exact) mass is 292 g/mol. The van der Waals surface area contributed by atoms with E-state index in [2.05, 4.69) is 23.7 Å². The number of nitrogens with zero attached hydrogens (tertiary/aromatic N) is 2. The van der Waals surface area contributed by atoms with E-state index in [0.29, 0.717) is 17.8 Å². The third-order valence-corrected chi connectivity index (χ3v) is 4.45. The van der Waals surface area contributed by atoms with Gasteiger partial charge in [0.15, 0.2) is 5.13 Å². The average Bonchev–Trinajstić information content (AvgIpc) is 2.75. The zero-order valence-electron chi connectivity index (χ0n) is 11.1. The molecule has 0 radical (unpaired) electrons. The third kappa shape index (κ3) is 3.82. The van der Waals surface area contributed by atoms with Crippen LogP contribution in [-0.4, -0.2) is 36.4 Å². The van der Waals surface area contributed by atoms with Crippen LogP contribution in [0, 0.1) is 0 Å². The highest BCUT2D eigenvalue weighted by molar-refractivity contribution is 7.16.